The fourth-order valence-corrected chi connectivity index (χ4v) is 4.09. The molecule has 3 aromatic heterocycles. The predicted molar refractivity (Wildman–Crippen MR) is 112 cm³/mol. The zero-order chi connectivity index (χ0) is 21.7. The van der Waals surface area contributed by atoms with Gasteiger partial charge in [-0.25, -0.2) is 9.78 Å². The van der Waals surface area contributed by atoms with Gasteiger partial charge >= 0.3 is 5.97 Å². The Kier molecular flexibility index (Phi) is 4.12. The zero-order valence-corrected chi connectivity index (χ0v) is 16.3. The van der Waals surface area contributed by atoms with Gasteiger partial charge in [-0.3, -0.25) is 19.8 Å². The van der Waals surface area contributed by atoms with Crippen molar-refractivity contribution in [2.75, 3.05) is 0 Å². The minimum atomic E-state index is -0.776. The number of hydrogen-bond donors (Lipinski definition) is 4. The van der Waals surface area contributed by atoms with Crippen LogP contribution in [0.2, 0.25) is 0 Å². The number of aromatic nitrogens is 4. The summed E-state index contributed by atoms with van der Waals surface area (Å²) < 4.78 is 1.35. The third-order valence-corrected chi connectivity index (χ3v) is 5.71. The van der Waals surface area contributed by atoms with Crippen molar-refractivity contribution in [1.29, 1.82) is 0 Å². The van der Waals surface area contributed by atoms with Gasteiger partial charge < -0.3 is 15.1 Å². The van der Waals surface area contributed by atoms with Crippen LogP contribution in [0.4, 0.5) is 0 Å². The predicted octanol–water partition coefficient (Wildman–Crippen LogP) is 1.97. The summed E-state index contributed by atoms with van der Waals surface area (Å²) in [6.07, 6.45) is 0. The van der Waals surface area contributed by atoms with E-state index in [1.54, 1.807) is 24.3 Å². The number of hydrogen-bond acceptors (Lipinski definition) is 8. The van der Waals surface area contributed by atoms with Crippen molar-refractivity contribution in [3.8, 4) is 22.3 Å². The highest BCUT2D eigenvalue weighted by Gasteiger charge is 2.15. The molecule has 0 fully saturated rings. The minimum absolute atomic E-state index is 0.196. The third kappa shape index (κ3) is 3.13. The highest BCUT2D eigenvalue weighted by molar-refractivity contribution is 7.21. The molecule has 11 heteroatoms. The Morgan fingerprint density at radius 1 is 0.935 bits per heavy atom. The Bertz CT molecular complexity index is 1510. The zero-order valence-electron chi connectivity index (χ0n) is 15.4. The van der Waals surface area contributed by atoms with E-state index in [4.69, 9.17) is 4.84 Å². The minimum Gasteiger partial charge on any atom is -0.492 e. The van der Waals surface area contributed by atoms with Crippen LogP contribution in [0.15, 0.2) is 58.1 Å². The number of nitrogens with one attached hydrogen (secondary N) is 2. The summed E-state index contributed by atoms with van der Waals surface area (Å²) in [5, 5.41) is 24.9. The van der Waals surface area contributed by atoms with Gasteiger partial charge in [-0.15, -0.1) is 16.1 Å². The summed E-state index contributed by atoms with van der Waals surface area (Å²) in [5.41, 5.74) is 0.686. The molecular weight excluding hydrogens is 424 g/mol. The molecule has 2 aromatic carbocycles. The lowest BCUT2D eigenvalue weighted by atomic mass is 10.1. The van der Waals surface area contributed by atoms with Gasteiger partial charge in [-0.2, -0.15) is 0 Å². The number of rotatable bonds is 3. The smallest absolute Gasteiger partial charge is 0.363 e. The van der Waals surface area contributed by atoms with E-state index in [-0.39, 0.29) is 16.3 Å². The molecule has 0 unspecified atom stereocenters. The summed E-state index contributed by atoms with van der Waals surface area (Å²) in [6, 6.07) is 11.9. The molecule has 0 aliphatic carbocycles. The van der Waals surface area contributed by atoms with Gasteiger partial charge in [-0.05, 0) is 24.3 Å². The molecule has 0 aliphatic rings. The largest absolute Gasteiger partial charge is 0.492 e. The van der Waals surface area contributed by atoms with Crippen molar-refractivity contribution in [2.45, 2.75) is 0 Å². The second-order valence-corrected chi connectivity index (χ2v) is 7.62. The lowest BCUT2D eigenvalue weighted by Gasteiger charge is -2.07. The van der Waals surface area contributed by atoms with E-state index in [1.165, 1.54) is 35.6 Å². The van der Waals surface area contributed by atoms with Gasteiger partial charge in [0.2, 0.25) is 11.8 Å². The number of carbonyl (C=O) groups excluding carboxylic acids is 1. The van der Waals surface area contributed by atoms with Crippen molar-refractivity contribution in [1.82, 2.24) is 19.9 Å². The van der Waals surface area contributed by atoms with E-state index in [9.17, 15) is 24.6 Å². The fraction of sp³-hybridized carbons (Fsp3) is 0. The Morgan fingerprint density at radius 3 is 2.19 bits per heavy atom. The normalized spacial score (nSPS) is 11.2. The topological polar surface area (TPSA) is 150 Å². The quantitative estimate of drug-likeness (QED) is 0.338. The Balaban J connectivity index is 1.48. The van der Waals surface area contributed by atoms with E-state index in [2.05, 4.69) is 15.2 Å². The van der Waals surface area contributed by atoms with Gasteiger partial charge in [0, 0.05) is 17.7 Å². The maximum atomic E-state index is 12.3. The molecule has 0 saturated carbocycles. The van der Waals surface area contributed by atoms with Crippen LogP contribution in [0.3, 0.4) is 0 Å². The standard InChI is InChI=1S/C20H12N4O6S/c25-15-5-6-16(26)24(15)30-20(29)10-3-1-9(2-4-10)19-21-13-7-11-12(8-14(13)31-19)18(28)23-22-17(11)27/h1-8,25-26H,(H,22,27)(H,23,28). The van der Waals surface area contributed by atoms with Crippen LogP contribution in [-0.4, -0.2) is 36.1 Å². The first kappa shape index (κ1) is 18.6. The first-order valence-corrected chi connectivity index (χ1v) is 9.70. The molecule has 0 atom stereocenters. The van der Waals surface area contributed by atoms with Crippen molar-refractivity contribution < 1.29 is 19.8 Å². The molecule has 31 heavy (non-hydrogen) atoms. The molecule has 154 valence electrons. The first-order valence-electron chi connectivity index (χ1n) is 8.89. The van der Waals surface area contributed by atoms with E-state index in [1.807, 2.05) is 0 Å². The van der Waals surface area contributed by atoms with Crippen molar-refractivity contribution >= 4 is 38.3 Å². The summed E-state index contributed by atoms with van der Waals surface area (Å²) in [7, 11) is 0. The van der Waals surface area contributed by atoms with E-state index in [0.717, 1.165) is 10.3 Å². The van der Waals surface area contributed by atoms with Gasteiger partial charge in [0.15, 0.2) is 0 Å². The average Bonchev–Trinajstić information content (AvgIpc) is 3.33. The molecule has 0 radical (unpaired) electrons. The van der Waals surface area contributed by atoms with Gasteiger partial charge in [0.05, 0.1) is 26.6 Å². The van der Waals surface area contributed by atoms with Gasteiger partial charge in [0.1, 0.15) is 5.01 Å². The molecule has 0 spiro atoms. The number of benzene rings is 2. The van der Waals surface area contributed by atoms with Crippen LogP contribution < -0.4 is 16.0 Å². The molecule has 4 N–H and O–H groups in total. The summed E-state index contributed by atoms with van der Waals surface area (Å²) in [6.45, 7) is 0. The van der Waals surface area contributed by atoms with E-state index in [0.29, 0.717) is 15.3 Å². The van der Waals surface area contributed by atoms with Gasteiger partial charge in [-0.1, -0.05) is 12.1 Å². The highest BCUT2D eigenvalue weighted by atomic mass is 32.1. The number of aromatic amines is 2. The molecule has 5 rings (SSSR count). The van der Waals surface area contributed by atoms with Crippen molar-refractivity contribution in [3.63, 3.8) is 0 Å². The summed E-state index contributed by atoms with van der Waals surface area (Å²) in [5.74, 6) is -1.61. The van der Waals surface area contributed by atoms with Gasteiger partial charge in [0.25, 0.3) is 11.1 Å². The lowest BCUT2D eigenvalue weighted by molar-refractivity contribution is 0.0382. The molecule has 0 aliphatic heterocycles. The van der Waals surface area contributed by atoms with Crippen LogP contribution >= 0.6 is 11.3 Å². The van der Waals surface area contributed by atoms with E-state index < -0.39 is 28.8 Å². The molecule has 10 nitrogen and oxygen atoms in total. The molecular formula is C20H12N4O6S. The van der Waals surface area contributed by atoms with Crippen LogP contribution in [0.5, 0.6) is 11.8 Å². The molecule has 3 heterocycles. The number of nitrogens with zero attached hydrogens (tertiary/aromatic N) is 2. The summed E-state index contributed by atoms with van der Waals surface area (Å²) >= 11 is 1.34. The Hall–Kier alpha value is -4.38. The maximum absolute atomic E-state index is 12.3. The van der Waals surface area contributed by atoms with Crippen LogP contribution in [0, 0.1) is 0 Å². The van der Waals surface area contributed by atoms with E-state index >= 15 is 0 Å². The third-order valence-electron chi connectivity index (χ3n) is 4.65. The SMILES string of the molecule is O=C(On1c(O)ccc1O)c1ccc(-c2nc3cc4c(=O)[nH][nH]c(=O)c4cc3s2)cc1. The highest BCUT2D eigenvalue weighted by Crippen LogP contribution is 2.31. The van der Waals surface area contributed by atoms with Crippen LogP contribution in [-0.2, 0) is 0 Å². The Morgan fingerprint density at radius 2 is 1.55 bits per heavy atom. The van der Waals surface area contributed by atoms with Crippen molar-refractivity contribution in [3.05, 3.63) is 74.8 Å². The number of aromatic hydroxyl groups is 2. The molecule has 5 aromatic rings. The number of thiazole rings is 1. The Labute approximate surface area is 175 Å². The summed E-state index contributed by atoms with van der Waals surface area (Å²) in [4.78, 5) is 45.7. The number of fused-ring (bicyclic) bond motifs is 2. The number of H-pyrrole nitrogens is 2. The number of carbonyl (C=O) groups is 1. The first-order chi connectivity index (χ1) is 14.9. The second kappa shape index (κ2) is 6.85. The maximum Gasteiger partial charge on any atom is 0.363 e. The van der Waals surface area contributed by atoms with Crippen molar-refractivity contribution in [2.24, 2.45) is 0 Å². The molecule has 0 saturated heterocycles. The molecule has 0 amide bonds. The van der Waals surface area contributed by atoms with Crippen LogP contribution in [0.25, 0.3) is 31.6 Å². The molecule has 0 bridgehead atoms. The lowest BCUT2D eigenvalue weighted by Crippen LogP contribution is -2.18. The fourth-order valence-electron chi connectivity index (χ4n) is 3.10. The monoisotopic (exact) mass is 436 g/mol. The van der Waals surface area contributed by atoms with Crippen LogP contribution in [0.1, 0.15) is 10.4 Å². The average molecular weight is 436 g/mol. The second-order valence-electron chi connectivity index (χ2n) is 6.59.